The minimum Gasteiger partial charge on any atom is -0.398 e. The summed E-state index contributed by atoms with van der Waals surface area (Å²) in [6.45, 7) is 0. The molecular weight excluding hydrogens is 222 g/mol. The lowest BCUT2D eigenvalue weighted by molar-refractivity contribution is 0.695. The standard InChI is InChI=1S/C15H17N3/c16-13-8-4-3-7-12(13)15-17-10-9-14(18-15)11-5-1-2-6-11/h3-4,7-11H,1-2,5-6,16H2. The Hall–Kier alpha value is -1.90. The predicted molar refractivity (Wildman–Crippen MR) is 73.1 cm³/mol. The third kappa shape index (κ3) is 2.08. The van der Waals surface area contributed by atoms with Crippen molar-refractivity contribution in [1.82, 2.24) is 9.97 Å². The zero-order valence-corrected chi connectivity index (χ0v) is 10.3. The first-order valence-electron chi connectivity index (χ1n) is 6.52. The number of para-hydroxylation sites is 1. The second kappa shape index (κ2) is 4.77. The molecule has 3 rings (SSSR count). The van der Waals surface area contributed by atoms with Gasteiger partial charge in [0.05, 0.1) is 0 Å². The molecule has 1 aliphatic rings. The van der Waals surface area contributed by atoms with Gasteiger partial charge >= 0.3 is 0 Å². The van der Waals surface area contributed by atoms with Crippen molar-refractivity contribution in [3.8, 4) is 11.4 Å². The van der Waals surface area contributed by atoms with Crippen molar-refractivity contribution >= 4 is 5.69 Å². The van der Waals surface area contributed by atoms with E-state index in [0.717, 1.165) is 17.1 Å². The molecule has 1 fully saturated rings. The number of aromatic nitrogens is 2. The first kappa shape index (κ1) is 11.2. The average molecular weight is 239 g/mol. The summed E-state index contributed by atoms with van der Waals surface area (Å²) in [5.41, 5.74) is 8.81. The molecule has 0 bridgehead atoms. The van der Waals surface area contributed by atoms with Gasteiger partial charge in [-0.15, -0.1) is 0 Å². The molecule has 0 aliphatic heterocycles. The minimum atomic E-state index is 0.608. The van der Waals surface area contributed by atoms with E-state index in [9.17, 15) is 0 Å². The van der Waals surface area contributed by atoms with E-state index in [-0.39, 0.29) is 0 Å². The number of nitrogens with two attached hydrogens (primary N) is 1. The summed E-state index contributed by atoms with van der Waals surface area (Å²) in [6, 6.07) is 9.81. The molecule has 1 aromatic heterocycles. The highest BCUT2D eigenvalue weighted by Gasteiger charge is 2.19. The van der Waals surface area contributed by atoms with Crippen LogP contribution in [0.4, 0.5) is 5.69 Å². The van der Waals surface area contributed by atoms with Crippen LogP contribution in [-0.4, -0.2) is 9.97 Å². The molecule has 2 N–H and O–H groups in total. The van der Waals surface area contributed by atoms with Crippen LogP contribution >= 0.6 is 0 Å². The van der Waals surface area contributed by atoms with Gasteiger partial charge in [-0.3, -0.25) is 0 Å². The molecular formula is C15H17N3. The van der Waals surface area contributed by atoms with Crippen LogP contribution in [0.2, 0.25) is 0 Å². The Kier molecular flexibility index (Phi) is 2.97. The Morgan fingerprint density at radius 2 is 1.83 bits per heavy atom. The largest absolute Gasteiger partial charge is 0.398 e. The zero-order chi connectivity index (χ0) is 12.4. The van der Waals surface area contributed by atoms with Crippen LogP contribution in [0.25, 0.3) is 11.4 Å². The maximum atomic E-state index is 5.98. The average Bonchev–Trinajstić information content (AvgIpc) is 2.93. The maximum Gasteiger partial charge on any atom is 0.161 e. The van der Waals surface area contributed by atoms with E-state index in [2.05, 4.69) is 4.98 Å². The minimum absolute atomic E-state index is 0.608. The van der Waals surface area contributed by atoms with E-state index in [1.54, 1.807) is 0 Å². The summed E-state index contributed by atoms with van der Waals surface area (Å²) in [7, 11) is 0. The molecule has 3 heteroatoms. The predicted octanol–water partition coefficient (Wildman–Crippen LogP) is 3.38. The molecule has 0 amide bonds. The van der Waals surface area contributed by atoms with Gasteiger partial charge in [0.1, 0.15) is 0 Å². The molecule has 1 saturated carbocycles. The number of nitrogens with zero attached hydrogens (tertiary/aromatic N) is 2. The summed E-state index contributed by atoms with van der Waals surface area (Å²) >= 11 is 0. The van der Waals surface area contributed by atoms with Crippen molar-refractivity contribution in [2.24, 2.45) is 0 Å². The SMILES string of the molecule is Nc1ccccc1-c1nccc(C2CCCC2)n1. The van der Waals surface area contributed by atoms with Gasteiger partial charge in [0.2, 0.25) is 0 Å². The fourth-order valence-corrected chi connectivity index (χ4v) is 2.65. The van der Waals surface area contributed by atoms with Gasteiger partial charge < -0.3 is 5.73 Å². The van der Waals surface area contributed by atoms with E-state index < -0.39 is 0 Å². The number of hydrogen-bond donors (Lipinski definition) is 1. The molecule has 0 unspecified atom stereocenters. The summed E-state index contributed by atoms with van der Waals surface area (Å²) < 4.78 is 0. The van der Waals surface area contributed by atoms with Crippen LogP contribution in [0.5, 0.6) is 0 Å². The highest BCUT2D eigenvalue weighted by molar-refractivity contribution is 5.71. The third-order valence-corrected chi connectivity index (χ3v) is 3.65. The van der Waals surface area contributed by atoms with Crippen molar-refractivity contribution in [1.29, 1.82) is 0 Å². The van der Waals surface area contributed by atoms with E-state index in [1.807, 2.05) is 36.5 Å². The molecule has 3 nitrogen and oxygen atoms in total. The number of hydrogen-bond acceptors (Lipinski definition) is 3. The van der Waals surface area contributed by atoms with Crippen LogP contribution in [0, 0.1) is 0 Å². The van der Waals surface area contributed by atoms with E-state index >= 15 is 0 Å². The molecule has 1 heterocycles. The van der Waals surface area contributed by atoms with Crippen LogP contribution in [0.1, 0.15) is 37.3 Å². The van der Waals surface area contributed by atoms with Gasteiger partial charge in [0.25, 0.3) is 0 Å². The van der Waals surface area contributed by atoms with Gasteiger partial charge in [-0.2, -0.15) is 0 Å². The molecule has 0 radical (unpaired) electrons. The van der Waals surface area contributed by atoms with Crippen molar-refractivity contribution in [2.45, 2.75) is 31.6 Å². The van der Waals surface area contributed by atoms with E-state index in [4.69, 9.17) is 10.7 Å². The first-order valence-corrected chi connectivity index (χ1v) is 6.52. The summed E-state index contributed by atoms with van der Waals surface area (Å²) in [5, 5.41) is 0. The molecule has 0 spiro atoms. The molecule has 2 aromatic rings. The number of rotatable bonds is 2. The number of nitrogen functional groups attached to an aromatic ring is 1. The molecule has 92 valence electrons. The van der Waals surface area contributed by atoms with Gasteiger partial charge in [-0.05, 0) is 31.0 Å². The maximum absolute atomic E-state index is 5.98. The quantitative estimate of drug-likeness (QED) is 0.817. The molecule has 1 aliphatic carbocycles. The monoisotopic (exact) mass is 239 g/mol. The summed E-state index contributed by atoms with van der Waals surface area (Å²) in [5.74, 6) is 1.36. The lowest BCUT2D eigenvalue weighted by Crippen LogP contribution is -2.00. The second-order valence-corrected chi connectivity index (χ2v) is 4.87. The van der Waals surface area contributed by atoms with Crippen LogP contribution in [-0.2, 0) is 0 Å². The summed E-state index contributed by atoms with van der Waals surface area (Å²) in [6.07, 6.45) is 6.98. The highest BCUT2D eigenvalue weighted by atomic mass is 14.9. The Morgan fingerprint density at radius 1 is 1.06 bits per heavy atom. The van der Waals surface area contributed by atoms with E-state index in [0.29, 0.717) is 5.92 Å². The van der Waals surface area contributed by atoms with Gasteiger partial charge in [0.15, 0.2) is 5.82 Å². The topological polar surface area (TPSA) is 51.8 Å². The van der Waals surface area contributed by atoms with Gasteiger partial charge in [-0.1, -0.05) is 25.0 Å². The lowest BCUT2D eigenvalue weighted by Gasteiger charge is -2.10. The van der Waals surface area contributed by atoms with Crippen LogP contribution in [0.3, 0.4) is 0 Å². The number of anilines is 1. The van der Waals surface area contributed by atoms with Gasteiger partial charge in [-0.25, -0.2) is 9.97 Å². The number of benzene rings is 1. The molecule has 0 atom stereocenters. The summed E-state index contributed by atoms with van der Waals surface area (Å²) in [4.78, 5) is 9.05. The lowest BCUT2D eigenvalue weighted by atomic mass is 10.0. The molecule has 1 aromatic carbocycles. The second-order valence-electron chi connectivity index (χ2n) is 4.87. The normalized spacial score (nSPS) is 16.0. The fourth-order valence-electron chi connectivity index (χ4n) is 2.65. The zero-order valence-electron chi connectivity index (χ0n) is 10.3. The third-order valence-electron chi connectivity index (χ3n) is 3.65. The van der Waals surface area contributed by atoms with Crippen molar-refractivity contribution in [3.05, 3.63) is 42.2 Å². The van der Waals surface area contributed by atoms with Crippen LogP contribution < -0.4 is 5.73 Å². The highest BCUT2D eigenvalue weighted by Crippen LogP contribution is 2.33. The Morgan fingerprint density at radius 3 is 2.61 bits per heavy atom. The smallest absolute Gasteiger partial charge is 0.161 e. The molecule has 0 saturated heterocycles. The van der Waals surface area contributed by atoms with Gasteiger partial charge in [0, 0.05) is 29.1 Å². The Labute approximate surface area is 107 Å². The van der Waals surface area contributed by atoms with E-state index in [1.165, 1.54) is 31.4 Å². The fraction of sp³-hybridized carbons (Fsp3) is 0.333. The molecule has 18 heavy (non-hydrogen) atoms. The first-order chi connectivity index (χ1) is 8.84. The van der Waals surface area contributed by atoms with Crippen molar-refractivity contribution < 1.29 is 0 Å². The van der Waals surface area contributed by atoms with Crippen molar-refractivity contribution in [2.75, 3.05) is 5.73 Å². The Balaban J connectivity index is 1.98. The Bertz CT molecular complexity index is 545. The van der Waals surface area contributed by atoms with Crippen molar-refractivity contribution in [3.63, 3.8) is 0 Å². The van der Waals surface area contributed by atoms with Crippen LogP contribution in [0.15, 0.2) is 36.5 Å².